The minimum Gasteiger partial charge on any atom is -0.373 e. The molecule has 2 aromatic heterocycles. The van der Waals surface area contributed by atoms with Crippen LogP contribution in [0.2, 0.25) is 0 Å². The van der Waals surface area contributed by atoms with E-state index in [0.29, 0.717) is 0 Å². The van der Waals surface area contributed by atoms with Crippen molar-refractivity contribution < 1.29 is 0 Å². The van der Waals surface area contributed by atoms with E-state index in [9.17, 15) is 0 Å². The van der Waals surface area contributed by atoms with E-state index in [4.69, 9.17) is 0 Å². The summed E-state index contributed by atoms with van der Waals surface area (Å²) in [6.45, 7) is 0. The number of unbranched alkanes of at least 4 members (excludes halogenated alkanes) is 1. The average Bonchev–Trinajstić information content (AvgIpc) is 2.92. The number of rotatable bonds is 7. The number of nitrogens with zero attached hydrogens (tertiary/aromatic N) is 3. The first kappa shape index (κ1) is 13.7. The van der Waals surface area contributed by atoms with Crippen molar-refractivity contribution in [3.63, 3.8) is 0 Å². The molecule has 102 valence electrons. The van der Waals surface area contributed by atoms with Crippen LogP contribution in [0.1, 0.15) is 23.4 Å². The van der Waals surface area contributed by atoms with Crippen molar-refractivity contribution in [1.82, 2.24) is 15.2 Å². The molecule has 0 aliphatic rings. The van der Waals surface area contributed by atoms with Crippen molar-refractivity contribution in [1.29, 1.82) is 0 Å². The molecule has 0 spiro atoms. The highest BCUT2D eigenvalue weighted by Gasteiger charge is 2.02. The number of hydrogen-bond acceptors (Lipinski definition) is 6. The lowest BCUT2D eigenvalue weighted by Gasteiger charge is -2.02. The molecule has 0 saturated heterocycles. The first-order chi connectivity index (χ1) is 9.31. The molecule has 0 aliphatic heterocycles. The maximum Gasteiger partial charge on any atom is 0.205 e. The molecule has 0 bridgehead atoms. The summed E-state index contributed by atoms with van der Waals surface area (Å²) in [6, 6.07) is 4.14. The monoisotopic (exact) mass is 277 g/mol. The minimum atomic E-state index is 0.891. The van der Waals surface area contributed by atoms with E-state index in [2.05, 4.69) is 31.9 Å². The van der Waals surface area contributed by atoms with E-state index in [0.717, 1.165) is 41.6 Å². The Bertz CT molecular complexity index is 494. The van der Waals surface area contributed by atoms with Gasteiger partial charge in [-0.1, -0.05) is 17.4 Å². The third-order valence-electron chi connectivity index (χ3n) is 2.87. The number of hydrogen-bond donors (Lipinski definition) is 2. The highest BCUT2D eigenvalue weighted by Crippen LogP contribution is 2.17. The quantitative estimate of drug-likeness (QED) is 0.762. The lowest BCUT2D eigenvalue weighted by atomic mass is 10.1. The third kappa shape index (κ3) is 4.17. The summed E-state index contributed by atoms with van der Waals surface area (Å²) >= 11 is 1.63. The fourth-order valence-electron chi connectivity index (χ4n) is 1.78. The van der Waals surface area contributed by atoms with Gasteiger partial charge in [0.2, 0.25) is 5.13 Å². The molecule has 0 aromatic carbocycles. The van der Waals surface area contributed by atoms with Crippen molar-refractivity contribution >= 4 is 22.3 Å². The van der Waals surface area contributed by atoms with E-state index in [-0.39, 0.29) is 0 Å². The highest BCUT2D eigenvalue weighted by atomic mass is 32.1. The molecule has 2 aromatic rings. The number of anilines is 2. The zero-order valence-electron chi connectivity index (χ0n) is 11.3. The molecule has 0 amide bonds. The molecule has 2 heterocycles. The number of pyridine rings is 1. The van der Waals surface area contributed by atoms with Crippen LogP contribution in [0.25, 0.3) is 0 Å². The van der Waals surface area contributed by atoms with Crippen molar-refractivity contribution in [3.05, 3.63) is 28.9 Å². The molecular weight excluding hydrogens is 258 g/mol. The van der Waals surface area contributed by atoms with Gasteiger partial charge in [-0.2, -0.15) is 0 Å². The number of aryl methyl sites for hydroxylation is 2. The van der Waals surface area contributed by atoms with E-state index >= 15 is 0 Å². The maximum atomic E-state index is 4.31. The average molecular weight is 277 g/mol. The summed E-state index contributed by atoms with van der Waals surface area (Å²) in [5.41, 5.74) is 1.28. The topological polar surface area (TPSA) is 62.7 Å². The molecule has 0 atom stereocenters. The van der Waals surface area contributed by atoms with Gasteiger partial charge in [0.25, 0.3) is 0 Å². The van der Waals surface area contributed by atoms with Gasteiger partial charge in [-0.25, -0.2) is 4.98 Å². The normalized spacial score (nSPS) is 10.4. The Balaban J connectivity index is 1.71. The first-order valence-electron chi connectivity index (χ1n) is 6.44. The van der Waals surface area contributed by atoms with Crippen molar-refractivity contribution in [2.45, 2.75) is 25.7 Å². The summed E-state index contributed by atoms with van der Waals surface area (Å²) in [6.07, 6.45) is 6.28. The summed E-state index contributed by atoms with van der Waals surface area (Å²) in [7, 11) is 3.75. The Morgan fingerprint density at radius 1 is 1.05 bits per heavy atom. The molecule has 0 unspecified atom stereocenters. The van der Waals surface area contributed by atoms with Gasteiger partial charge in [0, 0.05) is 26.7 Å². The Morgan fingerprint density at radius 3 is 2.53 bits per heavy atom. The van der Waals surface area contributed by atoms with E-state index in [1.54, 1.807) is 11.3 Å². The molecule has 0 aliphatic carbocycles. The Hall–Kier alpha value is -1.69. The van der Waals surface area contributed by atoms with Crippen LogP contribution in [0.5, 0.6) is 0 Å². The second kappa shape index (κ2) is 7.04. The summed E-state index contributed by atoms with van der Waals surface area (Å²) in [5, 5.41) is 16.2. The molecule has 2 rings (SSSR count). The van der Waals surface area contributed by atoms with E-state index in [1.165, 1.54) is 5.56 Å². The van der Waals surface area contributed by atoms with E-state index < -0.39 is 0 Å². The molecule has 0 saturated carbocycles. The second-order valence-corrected chi connectivity index (χ2v) is 5.32. The fraction of sp³-hybridized carbons (Fsp3) is 0.462. The minimum absolute atomic E-state index is 0.891. The van der Waals surface area contributed by atoms with Gasteiger partial charge in [-0.05, 0) is 30.9 Å². The predicted molar refractivity (Wildman–Crippen MR) is 79.9 cm³/mol. The van der Waals surface area contributed by atoms with Gasteiger partial charge in [0.05, 0.1) is 0 Å². The molecule has 0 radical (unpaired) electrons. The van der Waals surface area contributed by atoms with Crippen LogP contribution >= 0.6 is 11.3 Å². The smallest absolute Gasteiger partial charge is 0.205 e. The van der Waals surface area contributed by atoms with Crippen LogP contribution < -0.4 is 10.6 Å². The molecule has 6 heteroatoms. The van der Waals surface area contributed by atoms with Gasteiger partial charge in [0.15, 0.2) is 0 Å². The van der Waals surface area contributed by atoms with Crippen LogP contribution in [0.15, 0.2) is 18.3 Å². The van der Waals surface area contributed by atoms with Crippen LogP contribution in [0, 0.1) is 0 Å². The standard InChI is InChI=1S/C13H19N5S/c1-14-11-8-7-10(9-16-11)5-3-4-6-12-17-18-13(15-2)19-12/h7-9H,3-6H2,1-2H3,(H,14,16)(H,15,18). The largest absolute Gasteiger partial charge is 0.373 e. The van der Waals surface area contributed by atoms with Crippen LogP contribution in [0.3, 0.4) is 0 Å². The second-order valence-electron chi connectivity index (χ2n) is 4.26. The lowest BCUT2D eigenvalue weighted by Crippen LogP contribution is -1.94. The van der Waals surface area contributed by atoms with Gasteiger partial charge < -0.3 is 10.6 Å². The van der Waals surface area contributed by atoms with Gasteiger partial charge >= 0.3 is 0 Å². The van der Waals surface area contributed by atoms with Crippen LogP contribution in [-0.4, -0.2) is 29.3 Å². The fourth-order valence-corrected chi connectivity index (χ4v) is 2.52. The van der Waals surface area contributed by atoms with Gasteiger partial charge in [-0.3, -0.25) is 0 Å². The van der Waals surface area contributed by atoms with Crippen molar-refractivity contribution in [2.24, 2.45) is 0 Å². The molecular formula is C13H19N5S. The van der Waals surface area contributed by atoms with Crippen molar-refractivity contribution in [3.8, 4) is 0 Å². The molecule has 0 fully saturated rings. The number of nitrogens with one attached hydrogen (secondary N) is 2. The molecule has 19 heavy (non-hydrogen) atoms. The third-order valence-corrected chi connectivity index (χ3v) is 3.87. The summed E-state index contributed by atoms with van der Waals surface area (Å²) < 4.78 is 0. The maximum absolute atomic E-state index is 4.31. The van der Waals surface area contributed by atoms with Crippen LogP contribution in [0.4, 0.5) is 10.9 Å². The molecule has 2 N–H and O–H groups in total. The van der Waals surface area contributed by atoms with Gasteiger partial charge in [0.1, 0.15) is 10.8 Å². The van der Waals surface area contributed by atoms with Crippen molar-refractivity contribution in [2.75, 3.05) is 24.7 Å². The predicted octanol–water partition coefficient (Wildman–Crippen LogP) is 2.58. The number of aromatic nitrogens is 3. The zero-order chi connectivity index (χ0) is 13.5. The lowest BCUT2D eigenvalue weighted by molar-refractivity contribution is 0.724. The first-order valence-corrected chi connectivity index (χ1v) is 7.26. The Kier molecular flexibility index (Phi) is 5.09. The van der Waals surface area contributed by atoms with Gasteiger partial charge in [-0.15, -0.1) is 10.2 Å². The zero-order valence-corrected chi connectivity index (χ0v) is 12.1. The Labute approximate surface area is 117 Å². The summed E-state index contributed by atoms with van der Waals surface area (Å²) in [4.78, 5) is 4.31. The SMILES string of the molecule is CNc1ccc(CCCCc2nnc(NC)s2)cn1. The van der Waals surface area contributed by atoms with E-state index in [1.807, 2.05) is 26.4 Å². The van der Waals surface area contributed by atoms with Crippen LogP contribution in [-0.2, 0) is 12.8 Å². The molecule has 5 nitrogen and oxygen atoms in total. The Morgan fingerprint density at radius 2 is 1.89 bits per heavy atom. The summed E-state index contributed by atoms with van der Waals surface area (Å²) in [5.74, 6) is 0.914. The highest BCUT2D eigenvalue weighted by molar-refractivity contribution is 7.15.